The Bertz CT molecular complexity index is 1010. The number of carbonyl (C=O) groups is 2. The summed E-state index contributed by atoms with van der Waals surface area (Å²) in [5.41, 5.74) is 10.2. The number of amides is 2. The Morgan fingerprint density at radius 1 is 0.875 bits per heavy atom. The fourth-order valence-electron chi connectivity index (χ4n) is 5.44. The van der Waals surface area contributed by atoms with Crippen LogP contribution in [0.5, 0.6) is 0 Å². The number of anilines is 1. The fraction of sp³-hybridized carbons (Fsp3) is 0.462. The van der Waals surface area contributed by atoms with Gasteiger partial charge in [-0.15, -0.1) is 0 Å². The molecule has 168 valence electrons. The average molecular weight is 433 g/mol. The first-order chi connectivity index (χ1) is 15.6. The van der Waals surface area contributed by atoms with Crippen LogP contribution in [0.25, 0.3) is 0 Å². The van der Waals surface area contributed by atoms with E-state index in [1.54, 1.807) is 12.1 Å². The molecular weight excluding hydrogens is 400 g/mol. The number of rotatable bonds is 4. The summed E-state index contributed by atoms with van der Waals surface area (Å²) in [5, 5.41) is 0. The normalized spacial score (nSPS) is 21.1. The first-order valence-corrected chi connectivity index (χ1v) is 11.9. The predicted octanol–water partition coefficient (Wildman–Crippen LogP) is 3.17. The number of nitrogens with zero attached hydrogens (tertiary/aromatic N) is 3. The van der Waals surface area contributed by atoms with Crippen LogP contribution in [0, 0.1) is 0 Å². The van der Waals surface area contributed by atoms with E-state index in [-0.39, 0.29) is 11.8 Å². The van der Waals surface area contributed by atoms with Gasteiger partial charge in [-0.2, -0.15) is 0 Å². The second-order valence-corrected chi connectivity index (χ2v) is 9.39. The minimum Gasteiger partial charge on any atom is -0.399 e. The quantitative estimate of drug-likeness (QED) is 0.754. The molecule has 3 aliphatic rings. The Hall–Kier alpha value is -2.86. The first kappa shape index (κ1) is 21.0. The molecule has 2 amide bonds. The monoisotopic (exact) mass is 432 g/mol. The van der Waals surface area contributed by atoms with E-state index in [1.807, 2.05) is 29.2 Å². The third kappa shape index (κ3) is 4.24. The highest BCUT2D eigenvalue weighted by Crippen LogP contribution is 2.26. The van der Waals surface area contributed by atoms with Crippen molar-refractivity contribution in [3.8, 4) is 0 Å². The van der Waals surface area contributed by atoms with Crippen molar-refractivity contribution in [1.82, 2.24) is 14.7 Å². The highest BCUT2D eigenvalue weighted by molar-refractivity contribution is 5.96. The predicted molar refractivity (Wildman–Crippen MR) is 125 cm³/mol. The molecule has 0 saturated carbocycles. The van der Waals surface area contributed by atoms with Crippen molar-refractivity contribution in [1.29, 1.82) is 0 Å². The van der Waals surface area contributed by atoms with Crippen LogP contribution in [-0.4, -0.2) is 65.3 Å². The summed E-state index contributed by atoms with van der Waals surface area (Å²) in [7, 11) is 0. The molecule has 2 aromatic rings. The lowest BCUT2D eigenvalue weighted by molar-refractivity contribution is 0.0703. The summed E-state index contributed by atoms with van der Waals surface area (Å²) in [4.78, 5) is 32.7. The summed E-state index contributed by atoms with van der Waals surface area (Å²) in [5.74, 6) is 0.165. The number of likely N-dealkylation sites (tertiary alicyclic amines) is 2. The third-order valence-corrected chi connectivity index (χ3v) is 7.19. The van der Waals surface area contributed by atoms with E-state index < -0.39 is 0 Å². The molecule has 0 aliphatic carbocycles. The van der Waals surface area contributed by atoms with Gasteiger partial charge in [-0.1, -0.05) is 12.1 Å². The van der Waals surface area contributed by atoms with Gasteiger partial charge in [-0.3, -0.25) is 9.59 Å². The summed E-state index contributed by atoms with van der Waals surface area (Å²) in [6.07, 6.45) is 5.53. The van der Waals surface area contributed by atoms with Crippen molar-refractivity contribution in [2.45, 2.75) is 44.7 Å². The van der Waals surface area contributed by atoms with Crippen LogP contribution in [-0.2, 0) is 13.0 Å². The molecule has 2 saturated heterocycles. The lowest BCUT2D eigenvalue weighted by Crippen LogP contribution is -2.42. The van der Waals surface area contributed by atoms with Crippen LogP contribution in [0.4, 0.5) is 5.69 Å². The van der Waals surface area contributed by atoms with Gasteiger partial charge in [0, 0.05) is 49.0 Å². The molecule has 6 heteroatoms. The summed E-state index contributed by atoms with van der Waals surface area (Å²) < 4.78 is 0. The van der Waals surface area contributed by atoms with Crippen molar-refractivity contribution < 1.29 is 9.59 Å². The van der Waals surface area contributed by atoms with E-state index in [2.05, 4.69) is 15.9 Å². The molecule has 32 heavy (non-hydrogen) atoms. The molecule has 0 bridgehead atoms. The van der Waals surface area contributed by atoms with Crippen molar-refractivity contribution in [3.05, 3.63) is 64.7 Å². The van der Waals surface area contributed by atoms with E-state index in [9.17, 15) is 9.59 Å². The number of hydrogen-bond acceptors (Lipinski definition) is 4. The number of nitrogen functional groups attached to an aromatic ring is 1. The molecular formula is C26H32N4O2. The van der Waals surface area contributed by atoms with Crippen molar-refractivity contribution in [2.24, 2.45) is 0 Å². The fourth-order valence-corrected chi connectivity index (χ4v) is 5.44. The van der Waals surface area contributed by atoms with Gasteiger partial charge in [-0.25, -0.2) is 0 Å². The number of hydrogen-bond donors (Lipinski definition) is 1. The largest absolute Gasteiger partial charge is 0.399 e. The zero-order chi connectivity index (χ0) is 22.1. The maximum absolute atomic E-state index is 13.3. The van der Waals surface area contributed by atoms with Crippen LogP contribution in [0.3, 0.4) is 0 Å². The molecule has 2 aromatic carbocycles. The van der Waals surface area contributed by atoms with Gasteiger partial charge in [0.05, 0.1) is 0 Å². The highest BCUT2D eigenvalue weighted by atomic mass is 16.2. The standard InChI is InChI=1S/C26H32N4O2/c27-23-6-3-5-20(16-23)25(31)29-14-10-19-15-21(8-9-22(19)17-29)26(32)30-13-4-7-24(30)18-28-11-1-2-12-28/h3,5-6,8-9,15-16,24H,1-2,4,7,10-14,17-18,27H2/t24-/m0/s1. The Morgan fingerprint density at radius 3 is 2.50 bits per heavy atom. The van der Waals surface area contributed by atoms with E-state index in [1.165, 1.54) is 31.5 Å². The zero-order valence-corrected chi connectivity index (χ0v) is 18.6. The number of carbonyl (C=O) groups excluding carboxylic acids is 2. The van der Waals surface area contributed by atoms with Gasteiger partial charge in [0.15, 0.2) is 0 Å². The van der Waals surface area contributed by atoms with Crippen LogP contribution in [0.1, 0.15) is 57.5 Å². The van der Waals surface area contributed by atoms with Gasteiger partial charge < -0.3 is 20.4 Å². The Morgan fingerprint density at radius 2 is 1.69 bits per heavy atom. The number of fused-ring (bicyclic) bond motifs is 1. The summed E-state index contributed by atoms with van der Waals surface area (Å²) >= 11 is 0. The average Bonchev–Trinajstić information content (AvgIpc) is 3.50. The summed E-state index contributed by atoms with van der Waals surface area (Å²) in [6.45, 7) is 5.43. The molecule has 1 atom stereocenters. The van der Waals surface area contributed by atoms with Gasteiger partial charge in [0.1, 0.15) is 0 Å². The molecule has 0 unspecified atom stereocenters. The Kier molecular flexibility index (Phi) is 5.87. The maximum Gasteiger partial charge on any atom is 0.254 e. The van der Waals surface area contributed by atoms with E-state index in [4.69, 9.17) is 5.73 Å². The molecule has 3 heterocycles. The first-order valence-electron chi connectivity index (χ1n) is 11.9. The highest BCUT2D eigenvalue weighted by Gasteiger charge is 2.32. The molecule has 0 radical (unpaired) electrons. The van der Waals surface area contributed by atoms with E-state index in [0.717, 1.165) is 43.5 Å². The van der Waals surface area contributed by atoms with Crippen molar-refractivity contribution in [3.63, 3.8) is 0 Å². The van der Waals surface area contributed by atoms with Crippen LogP contribution in [0.2, 0.25) is 0 Å². The lowest BCUT2D eigenvalue weighted by atomic mass is 9.96. The number of nitrogens with two attached hydrogens (primary N) is 1. The molecule has 6 nitrogen and oxygen atoms in total. The Balaban J connectivity index is 1.27. The van der Waals surface area contributed by atoms with Crippen LogP contribution in [0.15, 0.2) is 42.5 Å². The van der Waals surface area contributed by atoms with E-state index in [0.29, 0.717) is 30.4 Å². The van der Waals surface area contributed by atoms with Crippen LogP contribution >= 0.6 is 0 Å². The molecule has 3 aliphatic heterocycles. The minimum absolute atomic E-state index is 0.00456. The molecule has 2 fully saturated rings. The zero-order valence-electron chi connectivity index (χ0n) is 18.6. The Labute approximate surface area is 190 Å². The van der Waals surface area contributed by atoms with Gasteiger partial charge in [0.25, 0.3) is 11.8 Å². The molecule has 0 spiro atoms. The lowest BCUT2D eigenvalue weighted by Gasteiger charge is -2.31. The molecule has 2 N–H and O–H groups in total. The second-order valence-electron chi connectivity index (χ2n) is 9.39. The van der Waals surface area contributed by atoms with Crippen LogP contribution < -0.4 is 5.73 Å². The topological polar surface area (TPSA) is 69.9 Å². The maximum atomic E-state index is 13.3. The minimum atomic E-state index is 0.00456. The van der Waals surface area contributed by atoms with Gasteiger partial charge in [-0.05, 0) is 86.7 Å². The molecule has 0 aromatic heterocycles. The molecule has 5 rings (SSSR count). The summed E-state index contributed by atoms with van der Waals surface area (Å²) in [6, 6.07) is 13.5. The van der Waals surface area contributed by atoms with E-state index >= 15 is 0 Å². The van der Waals surface area contributed by atoms with Crippen molar-refractivity contribution >= 4 is 17.5 Å². The van der Waals surface area contributed by atoms with Crippen molar-refractivity contribution in [2.75, 3.05) is 38.5 Å². The van der Waals surface area contributed by atoms with Gasteiger partial charge >= 0.3 is 0 Å². The second kappa shape index (κ2) is 8.94. The number of benzene rings is 2. The SMILES string of the molecule is Nc1cccc(C(=O)N2CCc3cc(C(=O)N4CCC[C@H]4CN4CCCC4)ccc3C2)c1. The third-order valence-electron chi connectivity index (χ3n) is 7.19. The smallest absolute Gasteiger partial charge is 0.254 e. The van der Waals surface area contributed by atoms with Gasteiger partial charge in [0.2, 0.25) is 0 Å².